The molecule has 0 radical (unpaired) electrons. The SMILES string of the molecule is CCCN(CCC)C1c2cccc3cc(Cl)cc(c23)CC1N. The maximum Gasteiger partial charge on any atom is 0.0508 e. The third-order valence-corrected chi connectivity index (χ3v) is 4.87. The van der Waals surface area contributed by atoms with Crippen LogP contribution in [0.4, 0.5) is 0 Å². The van der Waals surface area contributed by atoms with Gasteiger partial charge >= 0.3 is 0 Å². The van der Waals surface area contributed by atoms with E-state index in [0.29, 0.717) is 6.04 Å². The fourth-order valence-electron chi connectivity index (χ4n) is 3.94. The summed E-state index contributed by atoms with van der Waals surface area (Å²) in [7, 11) is 0. The molecule has 2 N–H and O–H groups in total. The number of hydrogen-bond donors (Lipinski definition) is 1. The third-order valence-electron chi connectivity index (χ3n) is 4.65. The zero-order chi connectivity index (χ0) is 15.7. The molecule has 22 heavy (non-hydrogen) atoms. The Morgan fingerprint density at radius 3 is 2.59 bits per heavy atom. The van der Waals surface area contributed by atoms with Crippen LogP contribution in [-0.2, 0) is 6.42 Å². The molecule has 0 saturated carbocycles. The molecular weight excluding hydrogens is 292 g/mol. The zero-order valence-electron chi connectivity index (χ0n) is 13.5. The van der Waals surface area contributed by atoms with Gasteiger partial charge in [0, 0.05) is 11.1 Å². The Bertz CT molecular complexity index is 662. The minimum Gasteiger partial charge on any atom is -0.326 e. The highest BCUT2D eigenvalue weighted by Gasteiger charge is 2.32. The van der Waals surface area contributed by atoms with Gasteiger partial charge in [-0.25, -0.2) is 0 Å². The summed E-state index contributed by atoms with van der Waals surface area (Å²) in [5.41, 5.74) is 9.28. The summed E-state index contributed by atoms with van der Waals surface area (Å²) in [4.78, 5) is 2.57. The maximum absolute atomic E-state index is 6.60. The maximum atomic E-state index is 6.60. The predicted molar refractivity (Wildman–Crippen MR) is 95.5 cm³/mol. The number of benzene rings is 2. The molecule has 2 aromatic rings. The lowest BCUT2D eigenvalue weighted by Gasteiger charge is -2.39. The molecule has 3 rings (SSSR count). The average Bonchev–Trinajstić information content (AvgIpc) is 2.47. The minimum absolute atomic E-state index is 0.134. The molecule has 1 aliphatic carbocycles. The van der Waals surface area contributed by atoms with Gasteiger partial charge in [0.2, 0.25) is 0 Å². The summed E-state index contributed by atoms with van der Waals surface area (Å²) >= 11 is 6.27. The molecule has 2 nitrogen and oxygen atoms in total. The van der Waals surface area contributed by atoms with Gasteiger partial charge in [0.05, 0.1) is 6.04 Å². The van der Waals surface area contributed by atoms with Gasteiger partial charge in [-0.2, -0.15) is 0 Å². The Morgan fingerprint density at radius 1 is 1.18 bits per heavy atom. The van der Waals surface area contributed by atoms with Crippen LogP contribution in [0.5, 0.6) is 0 Å². The van der Waals surface area contributed by atoms with E-state index in [-0.39, 0.29) is 6.04 Å². The molecule has 0 spiro atoms. The minimum atomic E-state index is 0.134. The van der Waals surface area contributed by atoms with Crippen molar-refractivity contribution < 1.29 is 0 Å². The summed E-state index contributed by atoms with van der Waals surface area (Å²) in [5, 5.41) is 3.42. The van der Waals surface area contributed by atoms with E-state index < -0.39 is 0 Å². The first-order valence-corrected chi connectivity index (χ1v) is 8.74. The normalized spacial score (nSPS) is 20.8. The number of nitrogens with two attached hydrogens (primary N) is 1. The molecule has 3 heteroatoms. The van der Waals surface area contributed by atoms with Crippen LogP contribution in [0, 0.1) is 0 Å². The second-order valence-corrected chi connectivity index (χ2v) is 6.80. The number of halogens is 1. The zero-order valence-corrected chi connectivity index (χ0v) is 14.2. The second-order valence-electron chi connectivity index (χ2n) is 6.36. The lowest BCUT2D eigenvalue weighted by Crippen LogP contribution is -2.44. The van der Waals surface area contributed by atoms with Crippen LogP contribution in [0.1, 0.15) is 43.9 Å². The molecule has 2 aromatic carbocycles. The molecule has 1 aliphatic rings. The first-order chi connectivity index (χ1) is 10.7. The highest BCUT2D eigenvalue weighted by molar-refractivity contribution is 6.31. The molecule has 2 atom stereocenters. The van der Waals surface area contributed by atoms with Crippen molar-refractivity contribution in [2.75, 3.05) is 13.1 Å². The van der Waals surface area contributed by atoms with Crippen LogP contribution in [0.3, 0.4) is 0 Å². The van der Waals surface area contributed by atoms with Crippen LogP contribution < -0.4 is 5.73 Å². The van der Waals surface area contributed by atoms with Gasteiger partial charge in [0.15, 0.2) is 0 Å². The summed E-state index contributed by atoms with van der Waals surface area (Å²) in [6.45, 7) is 6.69. The standard InChI is InChI=1S/C19H25ClN2/c1-3-8-22(9-4-2)19-16-7-5-6-13-10-15(20)11-14(18(13)16)12-17(19)21/h5-7,10-11,17,19H,3-4,8-9,12,21H2,1-2H3. The van der Waals surface area contributed by atoms with Crippen molar-refractivity contribution >= 4 is 22.4 Å². The van der Waals surface area contributed by atoms with Crippen LogP contribution >= 0.6 is 11.6 Å². The summed E-state index contributed by atoms with van der Waals surface area (Å²) in [5.74, 6) is 0. The highest BCUT2D eigenvalue weighted by atomic mass is 35.5. The molecular formula is C19H25ClN2. The van der Waals surface area contributed by atoms with Crippen LogP contribution in [0.25, 0.3) is 10.8 Å². The van der Waals surface area contributed by atoms with Crippen molar-refractivity contribution in [1.29, 1.82) is 0 Å². The fourth-order valence-corrected chi connectivity index (χ4v) is 4.19. The van der Waals surface area contributed by atoms with Crippen molar-refractivity contribution in [3.05, 3.63) is 46.5 Å². The number of hydrogen-bond acceptors (Lipinski definition) is 2. The van der Waals surface area contributed by atoms with Gasteiger partial charge in [-0.05, 0) is 66.4 Å². The average molecular weight is 317 g/mol. The van der Waals surface area contributed by atoms with Gasteiger partial charge in [-0.15, -0.1) is 0 Å². The van der Waals surface area contributed by atoms with Crippen molar-refractivity contribution in [2.45, 2.75) is 45.2 Å². The van der Waals surface area contributed by atoms with Crippen LogP contribution in [0.15, 0.2) is 30.3 Å². The molecule has 0 aliphatic heterocycles. The Labute approximate surface area is 138 Å². The van der Waals surface area contributed by atoms with E-state index in [1.165, 1.54) is 21.9 Å². The van der Waals surface area contributed by atoms with Gasteiger partial charge in [0.25, 0.3) is 0 Å². The summed E-state index contributed by atoms with van der Waals surface area (Å²) in [6, 6.07) is 11.2. The van der Waals surface area contributed by atoms with Crippen LogP contribution in [-0.4, -0.2) is 24.0 Å². The van der Waals surface area contributed by atoms with E-state index in [4.69, 9.17) is 17.3 Å². The van der Waals surface area contributed by atoms with E-state index in [1.807, 2.05) is 0 Å². The van der Waals surface area contributed by atoms with Gasteiger partial charge < -0.3 is 5.73 Å². The predicted octanol–water partition coefficient (Wildman–Crippen LogP) is 4.54. The van der Waals surface area contributed by atoms with Crippen molar-refractivity contribution in [2.24, 2.45) is 5.73 Å². The molecule has 0 amide bonds. The first kappa shape index (κ1) is 15.8. The Balaban J connectivity index is 2.14. The summed E-state index contributed by atoms with van der Waals surface area (Å²) < 4.78 is 0. The van der Waals surface area contributed by atoms with E-state index in [2.05, 4.69) is 49.1 Å². The second kappa shape index (κ2) is 6.57. The quantitative estimate of drug-likeness (QED) is 0.877. The van der Waals surface area contributed by atoms with Gasteiger partial charge in [-0.1, -0.05) is 43.6 Å². The van der Waals surface area contributed by atoms with E-state index in [9.17, 15) is 0 Å². The molecule has 2 unspecified atom stereocenters. The van der Waals surface area contributed by atoms with E-state index in [0.717, 1.165) is 37.4 Å². The lowest BCUT2D eigenvalue weighted by atomic mass is 9.81. The topological polar surface area (TPSA) is 29.3 Å². The molecule has 0 saturated heterocycles. The van der Waals surface area contributed by atoms with Gasteiger partial charge in [-0.3, -0.25) is 4.90 Å². The Hall–Kier alpha value is -1.09. The first-order valence-electron chi connectivity index (χ1n) is 8.36. The molecule has 118 valence electrons. The fraction of sp³-hybridized carbons (Fsp3) is 0.474. The molecule has 0 fully saturated rings. The third kappa shape index (κ3) is 2.76. The van der Waals surface area contributed by atoms with Crippen LogP contribution in [0.2, 0.25) is 5.02 Å². The smallest absolute Gasteiger partial charge is 0.0508 e. The Morgan fingerprint density at radius 2 is 1.91 bits per heavy atom. The monoisotopic (exact) mass is 316 g/mol. The highest BCUT2D eigenvalue weighted by Crippen LogP contribution is 2.39. The van der Waals surface area contributed by atoms with E-state index >= 15 is 0 Å². The Kier molecular flexibility index (Phi) is 4.72. The van der Waals surface area contributed by atoms with Crippen molar-refractivity contribution in [1.82, 2.24) is 4.90 Å². The summed E-state index contributed by atoms with van der Waals surface area (Å²) in [6.07, 6.45) is 3.22. The van der Waals surface area contributed by atoms with Gasteiger partial charge in [0.1, 0.15) is 0 Å². The molecule has 0 aromatic heterocycles. The largest absolute Gasteiger partial charge is 0.326 e. The van der Waals surface area contributed by atoms with Crippen molar-refractivity contribution in [3.8, 4) is 0 Å². The number of rotatable bonds is 5. The number of nitrogens with zero attached hydrogens (tertiary/aromatic N) is 1. The lowest BCUT2D eigenvalue weighted by molar-refractivity contribution is 0.169. The van der Waals surface area contributed by atoms with Crippen molar-refractivity contribution in [3.63, 3.8) is 0 Å². The van der Waals surface area contributed by atoms with E-state index in [1.54, 1.807) is 0 Å². The molecule has 0 bridgehead atoms. The molecule has 0 heterocycles.